The first kappa shape index (κ1) is 19.8. The molecule has 0 bridgehead atoms. The number of ether oxygens (including phenoxy) is 1. The van der Waals surface area contributed by atoms with E-state index in [9.17, 15) is 14.4 Å². The lowest BCUT2D eigenvalue weighted by Gasteiger charge is -2.13. The van der Waals surface area contributed by atoms with E-state index in [0.29, 0.717) is 22.9 Å². The lowest BCUT2D eigenvalue weighted by Crippen LogP contribution is -2.40. The van der Waals surface area contributed by atoms with Crippen molar-refractivity contribution in [1.29, 1.82) is 0 Å². The Bertz CT molecular complexity index is 899. The van der Waals surface area contributed by atoms with Crippen molar-refractivity contribution in [2.75, 3.05) is 6.61 Å². The number of carbonyl (C=O) groups excluding carboxylic acids is 3. The smallest absolute Gasteiger partial charge is 0.261 e. The van der Waals surface area contributed by atoms with Crippen molar-refractivity contribution in [3.63, 3.8) is 0 Å². The summed E-state index contributed by atoms with van der Waals surface area (Å²) in [5, 5.41) is 2.53. The van der Waals surface area contributed by atoms with Gasteiger partial charge in [-0.25, -0.2) is 0 Å². The summed E-state index contributed by atoms with van der Waals surface area (Å²) in [6.45, 7) is 0.552. The Hall–Kier alpha value is -2.92. The molecule has 1 saturated heterocycles. The number of nitrogens with one attached hydrogen (secondary N) is 1. The first-order chi connectivity index (χ1) is 13.5. The van der Waals surface area contributed by atoms with Crippen LogP contribution in [0.3, 0.4) is 0 Å². The highest BCUT2D eigenvalue weighted by Crippen LogP contribution is 2.27. The zero-order chi connectivity index (χ0) is 19.9. The molecule has 1 fully saturated rings. The van der Waals surface area contributed by atoms with Crippen LogP contribution in [0, 0.1) is 0 Å². The molecule has 0 atom stereocenters. The Morgan fingerprint density at radius 2 is 1.82 bits per heavy atom. The molecule has 28 heavy (non-hydrogen) atoms. The van der Waals surface area contributed by atoms with Crippen molar-refractivity contribution < 1.29 is 19.1 Å². The van der Waals surface area contributed by atoms with Gasteiger partial charge in [0.2, 0.25) is 5.91 Å². The molecule has 5 nitrogen and oxygen atoms in total. The quantitative estimate of drug-likeness (QED) is 0.254. The van der Waals surface area contributed by atoms with Gasteiger partial charge in [0, 0.05) is 0 Å². The van der Waals surface area contributed by atoms with Crippen LogP contribution >= 0.6 is 11.6 Å². The van der Waals surface area contributed by atoms with E-state index in [2.05, 4.69) is 17.4 Å². The van der Waals surface area contributed by atoms with Gasteiger partial charge in [-0.05, 0) is 48.6 Å². The summed E-state index contributed by atoms with van der Waals surface area (Å²) in [5.41, 5.74) is 1.85. The molecule has 1 aliphatic heterocycles. The Kier molecular flexibility index (Phi) is 6.61. The highest BCUT2D eigenvalue weighted by Gasteiger charge is 2.28. The molecule has 2 amide bonds. The highest BCUT2D eigenvalue weighted by molar-refractivity contribution is 6.33. The summed E-state index contributed by atoms with van der Waals surface area (Å²) in [5.74, 6) is -1.21. The standard InChI is InChI=1S/C22H20ClNO4/c23-18-13-16(12-17-19(25)14-21(26)24-22(17)27)9-10-20(18)28-11-5-4-8-15-6-2-1-3-7-15/h1-3,6-7,9-10,12-13H,4-5,8,11,14H2,(H,24,26,27)/b17-12+. The number of hydrogen-bond donors (Lipinski definition) is 1. The topological polar surface area (TPSA) is 72.5 Å². The molecule has 0 spiro atoms. The van der Waals surface area contributed by atoms with Gasteiger partial charge in [-0.2, -0.15) is 0 Å². The van der Waals surface area contributed by atoms with E-state index in [4.69, 9.17) is 16.3 Å². The minimum absolute atomic E-state index is 0.0507. The maximum absolute atomic E-state index is 11.9. The molecule has 3 rings (SSSR count). The third-order valence-corrected chi connectivity index (χ3v) is 4.64. The minimum atomic E-state index is -0.684. The van der Waals surface area contributed by atoms with Gasteiger partial charge in [-0.1, -0.05) is 48.0 Å². The summed E-state index contributed by atoms with van der Waals surface area (Å²) in [6.07, 6.45) is 4.03. The monoisotopic (exact) mass is 397 g/mol. The molecule has 1 heterocycles. The number of piperidine rings is 1. The summed E-state index contributed by atoms with van der Waals surface area (Å²) in [7, 11) is 0. The van der Waals surface area contributed by atoms with E-state index in [1.165, 1.54) is 11.6 Å². The molecule has 0 aromatic heterocycles. The zero-order valence-electron chi connectivity index (χ0n) is 15.2. The maximum Gasteiger partial charge on any atom is 0.261 e. The number of ketones is 1. The Morgan fingerprint density at radius 3 is 2.54 bits per heavy atom. The van der Waals surface area contributed by atoms with Gasteiger partial charge in [-0.3, -0.25) is 19.7 Å². The number of halogens is 1. The van der Waals surface area contributed by atoms with Crippen molar-refractivity contribution in [1.82, 2.24) is 5.32 Å². The highest BCUT2D eigenvalue weighted by atomic mass is 35.5. The average molecular weight is 398 g/mol. The number of hydrogen-bond acceptors (Lipinski definition) is 4. The fourth-order valence-corrected chi connectivity index (χ4v) is 3.14. The number of Topliss-reactive ketones (excluding diaryl/α,β-unsaturated/α-hetero) is 1. The van der Waals surface area contributed by atoms with Crippen molar-refractivity contribution in [2.45, 2.75) is 25.7 Å². The first-order valence-electron chi connectivity index (χ1n) is 9.08. The van der Waals surface area contributed by atoms with Crippen LogP contribution in [0.4, 0.5) is 0 Å². The van der Waals surface area contributed by atoms with Crippen molar-refractivity contribution >= 4 is 35.3 Å². The normalized spacial score (nSPS) is 15.6. The Labute approximate surface area is 168 Å². The van der Waals surface area contributed by atoms with Crippen LogP contribution in [0.2, 0.25) is 5.02 Å². The number of carbonyl (C=O) groups is 3. The van der Waals surface area contributed by atoms with E-state index in [0.717, 1.165) is 19.3 Å². The number of amides is 2. The predicted octanol–water partition coefficient (Wildman–Crippen LogP) is 3.74. The number of aryl methyl sites for hydroxylation is 1. The number of imide groups is 1. The van der Waals surface area contributed by atoms with Gasteiger partial charge in [-0.15, -0.1) is 0 Å². The summed E-state index contributed by atoms with van der Waals surface area (Å²) >= 11 is 6.26. The fraction of sp³-hybridized carbons (Fsp3) is 0.227. The number of benzene rings is 2. The van der Waals surface area contributed by atoms with E-state index in [1.54, 1.807) is 18.2 Å². The Morgan fingerprint density at radius 1 is 1.04 bits per heavy atom. The second kappa shape index (κ2) is 9.33. The lowest BCUT2D eigenvalue weighted by atomic mass is 10.0. The van der Waals surface area contributed by atoms with Gasteiger partial charge in [0.1, 0.15) is 5.75 Å². The fourth-order valence-electron chi connectivity index (χ4n) is 2.90. The molecule has 0 aliphatic carbocycles. The molecule has 6 heteroatoms. The molecule has 0 radical (unpaired) electrons. The van der Waals surface area contributed by atoms with Gasteiger partial charge in [0.05, 0.1) is 23.6 Å². The third-order valence-electron chi connectivity index (χ3n) is 4.35. The van der Waals surface area contributed by atoms with Crippen molar-refractivity contribution in [2.24, 2.45) is 0 Å². The number of rotatable bonds is 7. The van der Waals surface area contributed by atoms with Crippen molar-refractivity contribution in [3.8, 4) is 5.75 Å². The summed E-state index contributed by atoms with van der Waals surface area (Å²) in [6, 6.07) is 15.3. The SMILES string of the molecule is O=C1CC(=O)/C(=C\c2ccc(OCCCCc3ccccc3)c(Cl)c2)C(=O)N1. The van der Waals surface area contributed by atoms with Gasteiger partial charge < -0.3 is 4.74 Å². The molecule has 0 saturated carbocycles. The molecule has 144 valence electrons. The van der Waals surface area contributed by atoms with E-state index in [1.807, 2.05) is 18.2 Å². The average Bonchev–Trinajstić information content (AvgIpc) is 2.66. The molecule has 1 N–H and O–H groups in total. The second-order valence-corrected chi connectivity index (χ2v) is 6.92. The summed E-state index contributed by atoms with van der Waals surface area (Å²) in [4.78, 5) is 34.9. The van der Waals surface area contributed by atoms with E-state index in [-0.39, 0.29) is 12.0 Å². The van der Waals surface area contributed by atoms with Crippen molar-refractivity contribution in [3.05, 3.63) is 70.3 Å². The minimum Gasteiger partial charge on any atom is -0.492 e. The first-order valence-corrected chi connectivity index (χ1v) is 9.46. The molecule has 2 aromatic carbocycles. The summed E-state index contributed by atoms with van der Waals surface area (Å²) < 4.78 is 5.73. The second-order valence-electron chi connectivity index (χ2n) is 6.52. The van der Waals surface area contributed by atoms with Crippen LogP contribution in [-0.2, 0) is 20.8 Å². The van der Waals surface area contributed by atoms with E-state index >= 15 is 0 Å². The molecule has 0 unspecified atom stereocenters. The van der Waals surface area contributed by atoms with Gasteiger partial charge in [0.25, 0.3) is 5.91 Å². The van der Waals surface area contributed by atoms with Gasteiger partial charge >= 0.3 is 0 Å². The lowest BCUT2D eigenvalue weighted by molar-refractivity contribution is -0.134. The van der Waals surface area contributed by atoms with Crippen LogP contribution in [0.5, 0.6) is 5.75 Å². The van der Waals surface area contributed by atoms with Crippen LogP contribution in [0.1, 0.15) is 30.4 Å². The molecular formula is C22H20ClNO4. The number of unbranched alkanes of at least 4 members (excludes halogenated alkanes) is 1. The third kappa shape index (κ3) is 5.30. The Balaban J connectivity index is 1.54. The predicted molar refractivity (Wildman–Crippen MR) is 107 cm³/mol. The van der Waals surface area contributed by atoms with Crippen LogP contribution in [0.25, 0.3) is 6.08 Å². The zero-order valence-corrected chi connectivity index (χ0v) is 16.0. The van der Waals surface area contributed by atoms with E-state index < -0.39 is 17.6 Å². The maximum atomic E-state index is 11.9. The largest absolute Gasteiger partial charge is 0.492 e. The van der Waals surface area contributed by atoms with Gasteiger partial charge in [0.15, 0.2) is 5.78 Å². The van der Waals surface area contributed by atoms with Crippen LogP contribution in [0.15, 0.2) is 54.1 Å². The molecule has 1 aliphatic rings. The van der Waals surface area contributed by atoms with Crippen LogP contribution in [-0.4, -0.2) is 24.2 Å². The molecule has 2 aromatic rings. The molecular weight excluding hydrogens is 378 g/mol. The van der Waals surface area contributed by atoms with Crippen LogP contribution < -0.4 is 10.1 Å².